The van der Waals surface area contributed by atoms with Gasteiger partial charge in [0.05, 0.1) is 0 Å². The topological polar surface area (TPSA) is 38.5 Å². The first-order valence-electron chi connectivity index (χ1n) is 6.81. The molecule has 96 valence electrons. The average Bonchev–Trinajstić information content (AvgIpc) is 2.34. The molecule has 0 saturated heterocycles. The maximum atomic E-state index is 5.70. The number of hydrogen-bond acceptors (Lipinski definition) is 3. The van der Waals surface area contributed by atoms with Gasteiger partial charge in [-0.1, -0.05) is 19.3 Å². The summed E-state index contributed by atoms with van der Waals surface area (Å²) in [7, 11) is 1.78. The molecule has 1 fully saturated rings. The predicted octanol–water partition coefficient (Wildman–Crippen LogP) is 2.01. The summed E-state index contributed by atoms with van der Waals surface area (Å²) in [6.07, 6.45) is 9.41. The van der Waals surface area contributed by atoms with E-state index >= 15 is 0 Å². The van der Waals surface area contributed by atoms with E-state index in [0.29, 0.717) is 0 Å². The standard InChI is InChI=1S/C13H28N2O/c1-16-12-6-5-10-15(11-9-14)13-7-3-2-4-8-13/h13H,2-12,14H2,1H3. The van der Waals surface area contributed by atoms with Crippen molar-refractivity contribution in [3.63, 3.8) is 0 Å². The zero-order valence-corrected chi connectivity index (χ0v) is 10.8. The van der Waals surface area contributed by atoms with E-state index < -0.39 is 0 Å². The van der Waals surface area contributed by atoms with Crippen molar-refractivity contribution in [3.05, 3.63) is 0 Å². The van der Waals surface area contributed by atoms with E-state index in [2.05, 4.69) is 4.90 Å². The number of hydrogen-bond donors (Lipinski definition) is 1. The fourth-order valence-corrected chi connectivity index (χ4v) is 2.65. The number of rotatable bonds is 8. The summed E-state index contributed by atoms with van der Waals surface area (Å²) in [6, 6.07) is 0.805. The summed E-state index contributed by atoms with van der Waals surface area (Å²) in [6.45, 7) is 3.95. The quantitative estimate of drug-likeness (QED) is 0.646. The molecular formula is C13H28N2O. The SMILES string of the molecule is COCCCCN(CCN)C1CCCCC1. The van der Waals surface area contributed by atoms with Crippen molar-refractivity contribution in [2.24, 2.45) is 5.73 Å². The Morgan fingerprint density at radius 2 is 1.88 bits per heavy atom. The second-order valence-electron chi connectivity index (χ2n) is 4.82. The molecule has 0 amide bonds. The number of ether oxygens (including phenoxy) is 1. The van der Waals surface area contributed by atoms with E-state index in [-0.39, 0.29) is 0 Å². The summed E-state index contributed by atoms with van der Waals surface area (Å²) in [5.41, 5.74) is 5.70. The molecular weight excluding hydrogens is 200 g/mol. The Balaban J connectivity index is 2.22. The van der Waals surface area contributed by atoms with Crippen molar-refractivity contribution in [3.8, 4) is 0 Å². The summed E-state index contributed by atoms with van der Waals surface area (Å²) in [4.78, 5) is 2.61. The van der Waals surface area contributed by atoms with Gasteiger partial charge in [-0.15, -0.1) is 0 Å². The van der Waals surface area contributed by atoms with E-state index in [4.69, 9.17) is 10.5 Å². The number of nitrogens with two attached hydrogens (primary N) is 1. The van der Waals surface area contributed by atoms with Crippen LogP contribution in [0.3, 0.4) is 0 Å². The van der Waals surface area contributed by atoms with E-state index in [9.17, 15) is 0 Å². The molecule has 0 aromatic rings. The molecule has 0 radical (unpaired) electrons. The van der Waals surface area contributed by atoms with Crippen LogP contribution in [0.4, 0.5) is 0 Å². The zero-order valence-electron chi connectivity index (χ0n) is 10.8. The summed E-state index contributed by atoms with van der Waals surface area (Å²) < 4.78 is 5.09. The van der Waals surface area contributed by atoms with Crippen molar-refractivity contribution in [1.29, 1.82) is 0 Å². The van der Waals surface area contributed by atoms with Crippen LogP contribution in [0.15, 0.2) is 0 Å². The smallest absolute Gasteiger partial charge is 0.0462 e. The fraction of sp³-hybridized carbons (Fsp3) is 1.00. The number of methoxy groups -OCH3 is 1. The molecule has 1 rings (SSSR count). The minimum Gasteiger partial charge on any atom is -0.385 e. The molecule has 0 spiro atoms. The Morgan fingerprint density at radius 1 is 1.12 bits per heavy atom. The molecule has 0 aromatic carbocycles. The molecule has 0 unspecified atom stereocenters. The lowest BCUT2D eigenvalue weighted by molar-refractivity contribution is 0.145. The van der Waals surface area contributed by atoms with Gasteiger partial charge in [0.15, 0.2) is 0 Å². The van der Waals surface area contributed by atoms with Crippen LogP contribution < -0.4 is 5.73 Å². The summed E-state index contributed by atoms with van der Waals surface area (Å²) >= 11 is 0. The monoisotopic (exact) mass is 228 g/mol. The highest BCUT2D eigenvalue weighted by molar-refractivity contribution is 4.76. The number of nitrogens with zero attached hydrogens (tertiary/aromatic N) is 1. The average molecular weight is 228 g/mol. The molecule has 0 aromatic heterocycles. The normalized spacial score (nSPS) is 18.2. The number of unbranched alkanes of at least 4 members (excludes halogenated alkanes) is 1. The zero-order chi connectivity index (χ0) is 11.6. The predicted molar refractivity (Wildman–Crippen MR) is 68.6 cm³/mol. The Morgan fingerprint density at radius 3 is 2.50 bits per heavy atom. The highest BCUT2D eigenvalue weighted by Crippen LogP contribution is 2.22. The van der Waals surface area contributed by atoms with E-state index in [1.54, 1.807) is 7.11 Å². The van der Waals surface area contributed by atoms with Gasteiger partial charge in [-0.3, -0.25) is 4.90 Å². The Hall–Kier alpha value is -0.120. The highest BCUT2D eigenvalue weighted by Gasteiger charge is 2.19. The lowest BCUT2D eigenvalue weighted by Crippen LogP contribution is -2.40. The second-order valence-corrected chi connectivity index (χ2v) is 4.82. The molecule has 0 heterocycles. The lowest BCUT2D eigenvalue weighted by Gasteiger charge is -2.34. The van der Waals surface area contributed by atoms with Crippen LogP contribution in [0.5, 0.6) is 0 Å². The van der Waals surface area contributed by atoms with Gasteiger partial charge in [0.25, 0.3) is 0 Å². The third kappa shape index (κ3) is 5.28. The van der Waals surface area contributed by atoms with Gasteiger partial charge in [-0.2, -0.15) is 0 Å². The van der Waals surface area contributed by atoms with Gasteiger partial charge < -0.3 is 10.5 Å². The van der Waals surface area contributed by atoms with E-state index in [0.717, 1.165) is 25.7 Å². The van der Waals surface area contributed by atoms with Crippen molar-refractivity contribution in [2.45, 2.75) is 51.0 Å². The first kappa shape index (κ1) is 13.9. The third-order valence-electron chi connectivity index (χ3n) is 3.55. The Labute approximate surface area is 100 Å². The molecule has 0 aliphatic heterocycles. The van der Waals surface area contributed by atoms with Crippen LogP contribution in [-0.4, -0.2) is 44.3 Å². The molecule has 1 aliphatic carbocycles. The third-order valence-corrected chi connectivity index (χ3v) is 3.55. The van der Waals surface area contributed by atoms with Crippen molar-refractivity contribution in [1.82, 2.24) is 4.90 Å². The van der Waals surface area contributed by atoms with Crippen molar-refractivity contribution in [2.75, 3.05) is 33.4 Å². The largest absolute Gasteiger partial charge is 0.385 e. The maximum absolute atomic E-state index is 5.70. The minimum atomic E-state index is 0.792. The first-order valence-corrected chi connectivity index (χ1v) is 6.81. The summed E-state index contributed by atoms with van der Waals surface area (Å²) in [5.74, 6) is 0. The Kier molecular flexibility index (Phi) is 7.81. The molecule has 3 heteroatoms. The second kappa shape index (κ2) is 8.97. The minimum absolute atomic E-state index is 0.792. The van der Waals surface area contributed by atoms with Crippen LogP contribution in [0, 0.1) is 0 Å². The first-order chi connectivity index (χ1) is 7.88. The molecule has 0 bridgehead atoms. The van der Waals surface area contributed by atoms with Gasteiger partial charge in [0, 0.05) is 32.8 Å². The highest BCUT2D eigenvalue weighted by atomic mass is 16.5. The molecule has 1 saturated carbocycles. The van der Waals surface area contributed by atoms with Gasteiger partial charge in [0.2, 0.25) is 0 Å². The molecule has 3 nitrogen and oxygen atoms in total. The van der Waals surface area contributed by atoms with E-state index in [1.807, 2.05) is 0 Å². The Bertz CT molecular complexity index is 158. The lowest BCUT2D eigenvalue weighted by atomic mass is 9.94. The van der Waals surface area contributed by atoms with Gasteiger partial charge in [-0.25, -0.2) is 0 Å². The van der Waals surface area contributed by atoms with Crippen molar-refractivity contribution < 1.29 is 4.74 Å². The van der Waals surface area contributed by atoms with Crippen LogP contribution in [0.1, 0.15) is 44.9 Å². The van der Waals surface area contributed by atoms with Gasteiger partial charge >= 0.3 is 0 Å². The molecule has 1 aliphatic rings. The van der Waals surface area contributed by atoms with Gasteiger partial charge in [-0.05, 0) is 32.2 Å². The van der Waals surface area contributed by atoms with E-state index in [1.165, 1.54) is 51.5 Å². The van der Waals surface area contributed by atoms with Crippen LogP contribution in [-0.2, 0) is 4.74 Å². The van der Waals surface area contributed by atoms with Crippen LogP contribution in [0.25, 0.3) is 0 Å². The van der Waals surface area contributed by atoms with Crippen molar-refractivity contribution >= 4 is 0 Å². The summed E-state index contributed by atoms with van der Waals surface area (Å²) in [5, 5.41) is 0. The molecule has 2 N–H and O–H groups in total. The maximum Gasteiger partial charge on any atom is 0.0462 e. The molecule has 0 atom stereocenters. The van der Waals surface area contributed by atoms with Gasteiger partial charge in [0.1, 0.15) is 0 Å². The fourth-order valence-electron chi connectivity index (χ4n) is 2.65. The van der Waals surface area contributed by atoms with Crippen LogP contribution in [0.2, 0.25) is 0 Å². The molecule has 16 heavy (non-hydrogen) atoms. The van der Waals surface area contributed by atoms with Crippen LogP contribution >= 0.6 is 0 Å².